The second-order valence-electron chi connectivity index (χ2n) is 4.46. The van der Waals surface area contributed by atoms with Crippen LogP contribution in [0.5, 0.6) is 11.5 Å². The van der Waals surface area contributed by atoms with Gasteiger partial charge in [0, 0.05) is 11.6 Å². The summed E-state index contributed by atoms with van der Waals surface area (Å²) in [6.07, 6.45) is 4.99. The van der Waals surface area contributed by atoms with E-state index < -0.39 is 0 Å². The predicted molar refractivity (Wildman–Crippen MR) is 79.3 cm³/mol. The van der Waals surface area contributed by atoms with Crippen molar-refractivity contribution >= 4 is 0 Å². The molecule has 0 aliphatic carbocycles. The second-order valence-corrected chi connectivity index (χ2v) is 4.46. The highest BCUT2D eigenvalue weighted by atomic mass is 16.5. The van der Waals surface area contributed by atoms with Gasteiger partial charge in [-0.25, -0.2) is 4.68 Å². The number of aromatic nitrogens is 3. The van der Waals surface area contributed by atoms with Crippen LogP contribution in [0.4, 0.5) is 0 Å². The first-order valence-corrected chi connectivity index (χ1v) is 6.55. The number of hydrogen-bond acceptors (Lipinski definition) is 6. The van der Waals surface area contributed by atoms with E-state index >= 15 is 0 Å². The zero-order chi connectivity index (χ0) is 16.1. The van der Waals surface area contributed by atoms with Crippen LogP contribution in [0, 0.1) is 23.0 Å². The SMILES string of the molecule is N#COc1cccc(-c2cn(-c3cccc(OC#N)c3)nn2)c1. The molecule has 0 saturated carbocycles. The van der Waals surface area contributed by atoms with Crippen LogP contribution >= 0.6 is 0 Å². The predicted octanol–water partition coefficient (Wildman–Crippen LogP) is 2.65. The minimum atomic E-state index is 0.423. The normalized spacial score (nSPS) is 9.65. The first-order valence-electron chi connectivity index (χ1n) is 6.55. The molecule has 23 heavy (non-hydrogen) atoms. The van der Waals surface area contributed by atoms with Gasteiger partial charge in [-0.1, -0.05) is 23.4 Å². The van der Waals surface area contributed by atoms with E-state index in [1.54, 1.807) is 59.8 Å². The number of rotatable bonds is 4. The van der Waals surface area contributed by atoms with Gasteiger partial charge in [-0.3, -0.25) is 0 Å². The molecule has 0 amide bonds. The van der Waals surface area contributed by atoms with Crippen molar-refractivity contribution in [2.24, 2.45) is 0 Å². The van der Waals surface area contributed by atoms with Gasteiger partial charge >= 0.3 is 0 Å². The molecule has 3 aromatic rings. The van der Waals surface area contributed by atoms with Crippen molar-refractivity contribution in [1.29, 1.82) is 10.5 Å². The Morgan fingerprint density at radius 3 is 2.35 bits per heavy atom. The Hall–Kier alpha value is -3.84. The number of ether oxygens (including phenoxy) is 2. The second kappa shape index (κ2) is 6.29. The molecule has 0 unspecified atom stereocenters. The van der Waals surface area contributed by atoms with Crippen LogP contribution < -0.4 is 9.47 Å². The third-order valence-electron chi connectivity index (χ3n) is 3.03. The molecule has 1 aromatic heterocycles. The average molecular weight is 303 g/mol. The van der Waals surface area contributed by atoms with E-state index in [1.807, 2.05) is 12.1 Å². The first-order chi connectivity index (χ1) is 11.3. The lowest BCUT2D eigenvalue weighted by atomic mass is 10.1. The third-order valence-corrected chi connectivity index (χ3v) is 3.03. The lowest BCUT2D eigenvalue weighted by molar-refractivity contribution is 0.506. The number of nitrogens with zero attached hydrogens (tertiary/aromatic N) is 5. The van der Waals surface area contributed by atoms with Gasteiger partial charge in [0.05, 0.1) is 11.9 Å². The van der Waals surface area contributed by atoms with Gasteiger partial charge < -0.3 is 9.47 Å². The molecule has 0 aliphatic rings. The van der Waals surface area contributed by atoms with Crippen molar-refractivity contribution in [3.05, 3.63) is 54.7 Å². The zero-order valence-electron chi connectivity index (χ0n) is 11.7. The maximum atomic E-state index is 8.56. The summed E-state index contributed by atoms with van der Waals surface area (Å²) in [5, 5.41) is 25.3. The van der Waals surface area contributed by atoms with E-state index in [9.17, 15) is 0 Å². The van der Waals surface area contributed by atoms with Crippen molar-refractivity contribution in [1.82, 2.24) is 15.0 Å². The minimum absolute atomic E-state index is 0.423. The number of benzene rings is 2. The Bertz CT molecular complexity index is 846. The van der Waals surface area contributed by atoms with Gasteiger partial charge in [0.15, 0.2) is 0 Å². The standard InChI is InChI=1S/C16H9N5O2/c17-10-22-14-5-1-3-12(7-14)16-9-21(20-19-16)13-4-2-6-15(8-13)23-11-18/h1-9H. The van der Waals surface area contributed by atoms with Crippen LogP contribution in [-0.2, 0) is 0 Å². The third kappa shape index (κ3) is 3.09. The summed E-state index contributed by atoms with van der Waals surface area (Å²) in [4.78, 5) is 0. The quantitative estimate of drug-likeness (QED) is 0.687. The Kier molecular flexibility index (Phi) is 3.86. The van der Waals surface area contributed by atoms with E-state index in [0.29, 0.717) is 22.9 Å². The zero-order valence-corrected chi connectivity index (χ0v) is 11.7. The highest BCUT2D eigenvalue weighted by Gasteiger charge is 2.07. The van der Waals surface area contributed by atoms with Crippen molar-refractivity contribution in [2.45, 2.75) is 0 Å². The molecule has 0 saturated heterocycles. The molecule has 0 atom stereocenters. The van der Waals surface area contributed by atoms with Crippen LogP contribution in [0.25, 0.3) is 16.9 Å². The molecule has 2 aromatic carbocycles. The summed E-state index contributed by atoms with van der Waals surface area (Å²) in [6, 6.07) is 13.9. The van der Waals surface area contributed by atoms with Crippen LogP contribution in [0.1, 0.15) is 0 Å². The molecule has 0 N–H and O–H groups in total. The highest BCUT2D eigenvalue weighted by Crippen LogP contribution is 2.23. The molecule has 0 radical (unpaired) electrons. The van der Waals surface area contributed by atoms with E-state index in [0.717, 1.165) is 5.56 Å². The Morgan fingerprint density at radius 1 is 0.913 bits per heavy atom. The lowest BCUT2D eigenvalue weighted by Crippen LogP contribution is -1.95. The molecule has 7 nitrogen and oxygen atoms in total. The van der Waals surface area contributed by atoms with Gasteiger partial charge in [0.2, 0.25) is 0 Å². The summed E-state index contributed by atoms with van der Waals surface area (Å²) < 4.78 is 11.2. The van der Waals surface area contributed by atoms with Crippen molar-refractivity contribution < 1.29 is 9.47 Å². The van der Waals surface area contributed by atoms with E-state index in [2.05, 4.69) is 10.3 Å². The van der Waals surface area contributed by atoms with E-state index in [4.69, 9.17) is 20.0 Å². The molecule has 110 valence electrons. The number of nitriles is 2. The lowest BCUT2D eigenvalue weighted by Gasteiger charge is -2.01. The summed E-state index contributed by atoms with van der Waals surface area (Å²) in [5.74, 6) is 0.857. The fourth-order valence-electron chi connectivity index (χ4n) is 2.04. The summed E-state index contributed by atoms with van der Waals surface area (Å²) in [6.45, 7) is 0. The van der Waals surface area contributed by atoms with Crippen LogP contribution in [0.15, 0.2) is 54.7 Å². The van der Waals surface area contributed by atoms with Crippen molar-refractivity contribution in [2.75, 3.05) is 0 Å². The molecular formula is C16H9N5O2. The summed E-state index contributed by atoms with van der Waals surface area (Å²) in [7, 11) is 0. The fraction of sp³-hybridized carbons (Fsp3) is 0. The van der Waals surface area contributed by atoms with Gasteiger partial charge in [-0.2, -0.15) is 0 Å². The molecule has 3 rings (SSSR count). The molecular weight excluding hydrogens is 294 g/mol. The largest absolute Gasteiger partial charge is 0.388 e. The van der Waals surface area contributed by atoms with Crippen molar-refractivity contribution in [3.8, 4) is 41.0 Å². The Labute approximate surface area is 131 Å². The molecule has 1 heterocycles. The van der Waals surface area contributed by atoms with Gasteiger partial charge in [-0.05, 0) is 24.3 Å². The van der Waals surface area contributed by atoms with E-state index in [-0.39, 0.29) is 0 Å². The monoisotopic (exact) mass is 303 g/mol. The van der Waals surface area contributed by atoms with Gasteiger partial charge in [0.1, 0.15) is 17.2 Å². The summed E-state index contributed by atoms with van der Waals surface area (Å²) >= 11 is 0. The Balaban J connectivity index is 1.92. The minimum Gasteiger partial charge on any atom is -0.388 e. The molecule has 0 spiro atoms. The average Bonchev–Trinajstić information content (AvgIpc) is 3.06. The van der Waals surface area contributed by atoms with Crippen molar-refractivity contribution in [3.63, 3.8) is 0 Å². The number of hydrogen-bond donors (Lipinski definition) is 0. The van der Waals surface area contributed by atoms with Crippen LogP contribution in [-0.4, -0.2) is 15.0 Å². The smallest absolute Gasteiger partial charge is 0.292 e. The van der Waals surface area contributed by atoms with Crippen LogP contribution in [0.2, 0.25) is 0 Å². The highest BCUT2D eigenvalue weighted by molar-refractivity contribution is 5.60. The fourth-order valence-corrected chi connectivity index (χ4v) is 2.04. The molecule has 0 aliphatic heterocycles. The van der Waals surface area contributed by atoms with Crippen LogP contribution in [0.3, 0.4) is 0 Å². The molecule has 0 bridgehead atoms. The molecule has 0 fully saturated rings. The topological polar surface area (TPSA) is 96.8 Å². The first kappa shape index (κ1) is 14.1. The summed E-state index contributed by atoms with van der Waals surface area (Å²) in [5.41, 5.74) is 2.11. The molecule has 7 heteroatoms. The van der Waals surface area contributed by atoms with E-state index in [1.165, 1.54) is 0 Å². The maximum absolute atomic E-state index is 8.56. The Morgan fingerprint density at radius 2 is 1.61 bits per heavy atom. The van der Waals surface area contributed by atoms with Gasteiger partial charge in [-0.15, -0.1) is 15.6 Å². The maximum Gasteiger partial charge on any atom is 0.292 e. The van der Waals surface area contributed by atoms with Gasteiger partial charge in [0.25, 0.3) is 12.5 Å².